The Hall–Kier alpha value is -2.36. The molecule has 2 aromatic carbocycles. The van der Waals surface area contributed by atoms with Crippen molar-refractivity contribution in [1.29, 1.82) is 0 Å². The summed E-state index contributed by atoms with van der Waals surface area (Å²) in [7, 11) is 0. The van der Waals surface area contributed by atoms with Crippen LogP contribution in [0.25, 0.3) is 0 Å². The van der Waals surface area contributed by atoms with Crippen LogP contribution in [0.1, 0.15) is 11.1 Å². The van der Waals surface area contributed by atoms with E-state index in [1.165, 1.54) is 11.8 Å². The molecule has 1 N–H and O–H groups in total. The number of thioether (sulfide) groups is 1. The molecule has 0 unspecified atom stereocenters. The third-order valence-corrected chi connectivity index (χ3v) is 5.90. The summed E-state index contributed by atoms with van der Waals surface area (Å²) in [4.78, 5) is 25.7. The number of rotatable bonds is 9. The molecule has 0 radical (unpaired) electrons. The number of nitrogens with one attached hydrogen (secondary N) is 1. The van der Waals surface area contributed by atoms with Gasteiger partial charge in [-0.05, 0) is 47.5 Å². The number of nitrogens with zero attached hydrogens (tertiary/aromatic N) is 2. The predicted octanol–water partition coefficient (Wildman–Crippen LogP) is 3.07. The van der Waals surface area contributed by atoms with E-state index in [9.17, 15) is 9.59 Å². The van der Waals surface area contributed by atoms with Gasteiger partial charge in [-0.3, -0.25) is 9.59 Å². The molecular formula is C22H24BrN3O4S. The van der Waals surface area contributed by atoms with Gasteiger partial charge in [0.25, 0.3) is 5.91 Å². The van der Waals surface area contributed by atoms with Crippen LogP contribution in [0.3, 0.4) is 0 Å². The van der Waals surface area contributed by atoms with E-state index in [0.717, 1.165) is 21.4 Å². The third kappa shape index (κ3) is 8.35. The maximum absolute atomic E-state index is 12.1. The Balaban J connectivity index is 1.34. The highest BCUT2D eigenvalue weighted by Gasteiger charge is 2.17. The fraction of sp³-hybridized carbons (Fsp3) is 0.318. The SMILES string of the molecule is O=C(CSCc1cccc(Br)c1)N/N=C\c1ccc(OCC(=O)N2CCOCC2)cc1. The van der Waals surface area contributed by atoms with Crippen LogP contribution in [-0.2, 0) is 20.1 Å². The smallest absolute Gasteiger partial charge is 0.260 e. The van der Waals surface area contributed by atoms with Crippen LogP contribution in [0.5, 0.6) is 5.75 Å². The Morgan fingerprint density at radius 3 is 2.71 bits per heavy atom. The topological polar surface area (TPSA) is 80.2 Å². The Bertz CT molecular complexity index is 902. The van der Waals surface area contributed by atoms with E-state index < -0.39 is 0 Å². The lowest BCUT2D eigenvalue weighted by atomic mass is 10.2. The summed E-state index contributed by atoms with van der Waals surface area (Å²) in [6.45, 7) is 2.35. The zero-order valence-corrected chi connectivity index (χ0v) is 19.4. The number of morpholine rings is 1. The van der Waals surface area contributed by atoms with Crippen molar-refractivity contribution in [2.24, 2.45) is 5.10 Å². The Morgan fingerprint density at radius 2 is 1.97 bits per heavy atom. The number of benzene rings is 2. The van der Waals surface area contributed by atoms with Crippen molar-refractivity contribution >= 4 is 45.7 Å². The van der Waals surface area contributed by atoms with Gasteiger partial charge in [0.15, 0.2) is 6.61 Å². The first kappa shape index (κ1) is 23.3. The molecule has 0 aliphatic carbocycles. The molecule has 7 nitrogen and oxygen atoms in total. The molecule has 2 amide bonds. The molecule has 1 fully saturated rings. The first-order valence-corrected chi connectivity index (χ1v) is 11.8. The van der Waals surface area contributed by atoms with Gasteiger partial charge in [-0.2, -0.15) is 5.10 Å². The predicted molar refractivity (Wildman–Crippen MR) is 125 cm³/mol. The minimum absolute atomic E-state index is 0.00109. The summed E-state index contributed by atoms with van der Waals surface area (Å²) in [5, 5.41) is 3.99. The molecule has 1 aliphatic rings. The minimum atomic E-state index is -0.155. The second-order valence-electron chi connectivity index (χ2n) is 6.77. The van der Waals surface area contributed by atoms with Gasteiger partial charge in [0.1, 0.15) is 5.75 Å². The maximum atomic E-state index is 12.1. The second kappa shape index (κ2) is 12.5. The van der Waals surface area contributed by atoms with E-state index in [0.29, 0.717) is 37.8 Å². The number of amides is 2. The van der Waals surface area contributed by atoms with Crippen LogP contribution in [0.4, 0.5) is 0 Å². The van der Waals surface area contributed by atoms with Crippen molar-refractivity contribution in [3.8, 4) is 5.75 Å². The standard InChI is InChI=1S/C22H24BrN3O4S/c23-19-3-1-2-18(12-19)15-31-16-21(27)25-24-13-17-4-6-20(7-5-17)30-14-22(28)26-8-10-29-11-9-26/h1-7,12-13H,8-11,14-16H2,(H,25,27)/b24-13-. The zero-order chi connectivity index (χ0) is 21.9. The molecule has 3 rings (SSSR count). The maximum Gasteiger partial charge on any atom is 0.260 e. The number of carbonyl (C=O) groups is 2. The van der Waals surface area contributed by atoms with Crippen molar-refractivity contribution in [2.45, 2.75) is 5.75 Å². The fourth-order valence-electron chi connectivity index (χ4n) is 2.80. The lowest BCUT2D eigenvalue weighted by Crippen LogP contribution is -2.42. The summed E-state index contributed by atoms with van der Waals surface area (Å²) >= 11 is 4.97. The highest BCUT2D eigenvalue weighted by Crippen LogP contribution is 2.17. The Kier molecular flexibility index (Phi) is 9.39. The quantitative estimate of drug-likeness (QED) is 0.418. The van der Waals surface area contributed by atoms with Crippen LogP contribution in [0.2, 0.25) is 0 Å². The van der Waals surface area contributed by atoms with Crippen molar-refractivity contribution < 1.29 is 19.1 Å². The van der Waals surface area contributed by atoms with Crippen molar-refractivity contribution in [3.63, 3.8) is 0 Å². The Labute approximate surface area is 194 Å². The van der Waals surface area contributed by atoms with Crippen LogP contribution in [0.15, 0.2) is 58.1 Å². The molecule has 1 saturated heterocycles. The first-order chi connectivity index (χ1) is 15.1. The van der Waals surface area contributed by atoms with Gasteiger partial charge in [0, 0.05) is 23.3 Å². The number of hydrogen-bond acceptors (Lipinski definition) is 6. The van der Waals surface area contributed by atoms with Crippen LogP contribution in [0, 0.1) is 0 Å². The largest absolute Gasteiger partial charge is 0.484 e. The molecule has 1 aliphatic heterocycles. The van der Waals surface area contributed by atoms with Crippen molar-refractivity contribution in [1.82, 2.24) is 10.3 Å². The van der Waals surface area contributed by atoms with Gasteiger partial charge >= 0.3 is 0 Å². The van der Waals surface area contributed by atoms with Gasteiger partial charge in [-0.25, -0.2) is 5.43 Å². The summed E-state index contributed by atoms with van der Waals surface area (Å²) in [5.74, 6) is 1.49. The van der Waals surface area contributed by atoms with Gasteiger partial charge < -0.3 is 14.4 Å². The average molecular weight is 506 g/mol. The minimum Gasteiger partial charge on any atom is -0.484 e. The van der Waals surface area contributed by atoms with Crippen molar-refractivity contribution in [3.05, 3.63) is 64.1 Å². The van der Waals surface area contributed by atoms with Gasteiger partial charge in [0.05, 0.1) is 25.2 Å². The lowest BCUT2D eigenvalue weighted by molar-refractivity contribution is -0.137. The molecule has 31 heavy (non-hydrogen) atoms. The van der Waals surface area contributed by atoms with E-state index in [1.807, 2.05) is 36.4 Å². The molecule has 0 spiro atoms. The molecule has 0 aromatic heterocycles. The van der Waals surface area contributed by atoms with Crippen LogP contribution in [-0.4, -0.2) is 61.6 Å². The van der Waals surface area contributed by atoms with E-state index in [2.05, 4.69) is 26.5 Å². The molecule has 1 heterocycles. The number of hydrazone groups is 1. The molecule has 0 saturated carbocycles. The molecule has 0 bridgehead atoms. The summed E-state index contributed by atoms with van der Waals surface area (Å²) in [6, 6.07) is 15.2. The van der Waals surface area contributed by atoms with Crippen LogP contribution >= 0.6 is 27.7 Å². The number of halogens is 1. The van der Waals surface area contributed by atoms with Gasteiger partial charge in [-0.15, -0.1) is 11.8 Å². The molecule has 0 atom stereocenters. The van der Waals surface area contributed by atoms with E-state index >= 15 is 0 Å². The summed E-state index contributed by atoms with van der Waals surface area (Å²) in [5.41, 5.74) is 4.50. The molecule has 164 valence electrons. The molecule has 9 heteroatoms. The van der Waals surface area contributed by atoms with Crippen molar-refractivity contribution in [2.75, 3.05) is 38.7 Å². The van der Waals surface area contributed by atoms with E-state index in [1.54, 1.807) is 23.2 Å². The van der Waals surface area contributed by atoms with Gasteiger partial charge in [-0.1, -0.05) is 28.1 Å². The lowest BCUT2D eigenvalue weighted by Gasteiger charge is -2.26. The third-order valence-electron chi connectivity index (χ3n) is 4.40. The normalized spacial score (nSPS) is 13.9. The summed E-state index contributed by atoms with van der Waals surface area (Å²) < 4.78 is 11.8. The Morgan fingerprint density at radius 1 is 1.19 bits per heavy atom. The molecule has 2 aromatic rings. The first-order valence-electron chi connectivity index (χ1n) is 9.82. The monoisotopic (exact) mass is 505 g/mol. The molecular weight excluding hydrogens is 482 g/mol. The van der Waals surface area contributed by atoms with E-state index in [4.69, 9.17) is 9.47 Å². The number of hydrogen-bond donors (Lipinski definition) is 1. The highest BCUT2D eigenvalue weighted by atomic mass is 79.9. The average Bonchev–Trinajstić information content (AvgIpc) is 2.79. The summed E-state index contributed by atoms with van der Waals surface area (Å²) in [6.07, 6.45) is 1.57. The second-order valence-corrected chi connectivity index (χ2v) is 8.67. The highest BCUT2D eigenvalue weighted by molar-refractivity contribution is 9.10. The zero-order valence-electron chi connectivity index (χ0n) is 17.0. The number of ether oxygens (including phenoxy) is 2. The van der Waals surface area contributed by atoms with Gasteiger partial charge in [0.2, 0.25) is 5.91 Å². The van der Waals surface area contributed by atoms with E-state index in [-0.39, 0.29) is 18.4 Å². The van der Waals surface area contributed by atoms with Crippen LogP contribution < -0.4 is 10.2 Å². The number of carbonyl (C=O) groups excluding carboxylic acids is 2. The fourth-order valence-corrected chi connectivity index (χ4v) is 4.01.